The Balaban J connectivity index is 2.36. The topological polar surface area (TPSA) is 96.2 Å². The van der Waals surface area contributed by atoms with Crippen molar-refractivity contribution in [3.05, 3.63) is 11.5 Å². The number of hydrogen-bond acceptors (Lipinski definition) is 5. The lowest BCUT2D eigenvalue weighted by molar-refractivity contribution is 0.218. The van der Waals surface area contributed by atoms with Gasteiger partial charge in [0.05, 0.1) is 0 Å². The molecule has 1 heterocycles. The van der Waals surface area contributed by atoms with Crippen LogP contribution in [0.25, 0.3) is 0 Å². The van der Waals surface area contributed by atoms with Gasteiger partial charge in [0.2, 0.25) is 0 Å². The summed E-state index contributed by atoms with van der Waals surface area (Å²) >= 11 is 5.73. The molecule has 8 heteroatoms. The van der Waals surface area contributed by atoms with Gasteiger partial charge in [-0.1, -0.05) is 11.6 Å². The first kappa shape index (κ1) is 13.3. The first-order chi connectivity index (χ1) is 8.02. The standard InChI is InChI=1S/C9H15ClN6O/c1-16(2)9(17)13-4-3-12-8-6(11)7(10)14-5-15-8/h5H,3-4,11H2,1-2H3,(H,13,17)(H,12,14,15). The number of anilines is 2. The van der Waals surface area contributed by atoms with Gasteiger partial charge in [-0.05, 0) is 0 Å². The predicted octanol–water partition coefficient (Wildman–Crippen LogP) is 0.395. The van der Waals surface area contributed by atoms with E-state index in [4.69, 9.17) is 17.3 Å². The van der Waals surface area contributed by atoms with Crippen molar-refractivity contribution in [3.8, 4) is 0 Å². The Kier molecular flexibility index (Phi) is 4.77. The Morgan fingerprint density at radius 3 is 2.82 bits per heavy atom. The fourth-order valence-corrected chi connectivity index (χ4v) is 1.16. The van der Waals surface area contributed by atoms with Crippen LogP contribution in [0, 0.1) is 0 Å². The summed E-state index contributed by atoms with van der Waals surface area (Å²) in [7, 11) is 3.34. The van der Waals surface area contributed by atoms with Gasteiger partial charge in [-0.15, -0.1) is 0 Å². The third-order valence-corrected chi connectivity index (χ3v) is 2.24. The molecule has 1 rings (SSSR count). The number of urea groups is 1. The van der Waals surface area contributed by atoms with Crippen LogP contribution < -0.4 is 16.4 Å². The highest BCUT2D eigenvalue weighted by molar-refractivity contribution is 6.32. The average Bonchev–Trinajstić information content (AvgIpc) is 2.29. The Morgan fingerprint density at radius 2 is 2.18 bits per heavy atom. The number of rotatable bonds is 4. The van der Waals surface area contributed by atoms with Crippen molar-refractivity contribution in [3.63, 3.8) is 0 Å². The van der Waals surface area contributed by atoms with E-state index in [2.05, 4.69) is 20.6 Å². The zero-order valence-corrected chi connectivity index (χ0v) is 10.5. The van der Waals surface area contributed by atoms with Gasteiger partial charge in [-0.2, -0.15) is 0 Å². The molecule has 0 saturated heterocycles. The minimum atomic E-state index is -0.152. The number of nitrogen functional groups attached to an aromatic ring is 1. The summed E-state index contributed by atoms with van der Waals surface area (Å²) < 4.78 is 0. The third kappa shape index (κ3) is 3.95. The van der Waals surface area contributed by atoms with Crippen LogP contribution in [0.15, 0.2) is 6.33 Å². The second-order valence-corrected chi connectivity index (χ2v) is 3.84. The van der Waals surface area contributed by atoms with Gasteiger partial charge in [-0.3, -0.25) is 0 Å². The molecule has 1 aromatic heterocycles. The molecule has 7 nitrogen and oxygen atoms in total. The number of nitrogens with two attached hydrogens (primary N) is 1. The van der Waals surface area contributed by atoms with Crippen molar-refractivity contribution in [2.24, 2.45) is 0 Å². The minimum Gasteiger partial charge on any atom is -0.393 e. The van der Waals surface area contributed by atoms with Crippen LogP contribution in [0.1, 0.15) is 0 Å². The molecule has 0 bridgehead atoms. The molecule has 0 aliphatic rings. The van der Waals surface area contributed by atoms with Crippen molar-refractivity contribution in [2.75, 3.05) is 38.2 Å². The summed E-state index contributed by atoms with van der Waals surface area (Å²) in [6, 6.07) is -0.152. The van der Waals surface area contributed by atoms with Gasteiger partial charge in [0, 0.05) is 27.2 Å². The molecule has 4 N–H and O–H groups in total. The molecule has 0 fully saturated rings. The van der Waals surface area contributed by atoms with E-state index in [1.165, 1.54) is 11.2 Å². The molecule has 94 valence electrons. The smallest absolute Gasteiger partial charge is 0.316 e. The van der Waals surface area contributed by atoms with E-state index in [0.717, 1.165) is 0 Å². The quantitative estimate of drug-likeness (QED) is 0.536. The second kappa shape index (κ2) is 6.09. The lowest BCUT2D eigenvalue weighted by Gasteiger charge is -2.13. The van der Waals surface area contributed by atoms with Gasteiger partial charge in [0.1, 0.15) is 12.0 Å². The lowest BCUT2D eigenvalue weighted by Crippen LogP contribution is -2.37. The molecule has 0 radical (unpaired) electrons. The van der Waals surface area contributed by atoms with E-state index in [9.17, 15) is 4.79 Å². The number of amides is 2. The highest BCUT2D eigenvalue weighted by Crippen LogP contribution is 2.21. The summed E-state index contributed by atoms with van der Waals surface area (Å²) in [5.41, 5.74) is 5.96. The molecule has 0 spiro atoms. The Morgan fingerprint density at radius 1 is 1.47 bits per heavy atom. The number of nitrogens with zero attached hydrogens (tertiary/aromatic N) is 3. The molecule has 0 aliphatic heterocycles. The number of aromatic nitrogens is 2. The van der Waals surface area contributed by atoms with Gasteiger partial charge in [0.25, 0.3) is 0 Å². The number of carbonyl (C=O) groups excluding carboxylic acids is 1. The van der Waals surface area contributed by atoms with Crippen LogP contribution in [0.5, 0.6) is 0 Å². The van der Waals surface area contributed by atoms with Crippen molar-refractivity contribution < 1.29 is 4.79 Å². The number of nitrogens with one attached hydrogen (secondary N) is 2. The zero-order chi connectivity index (χ0) is 12.8. The van der Waals surface area contributed by atoms with E-state index in [-0.39, 0.29) is 11.2 Å². The first-order valence-corrected chi connectivity index (χ1v) is 5.35. The fourth-order valence-electron chi connectivity index (χ4n) is 1.02. The average molecular weight is 259 g/mol. The molecule has 0 aliphatic carbocycles. The summed E-state index contributed by atoms with van der Waals surface area (Å²) in [5, 5.41) is 5.86. The number of carbonyl (C=O) groups is 1. The van der Waals surface area contributed by atoms with Gasteiger partial charge < -0.3 is 21.3 Å². The summed E-state index contributed by atoms with van der Waals surface area (Å²) in [5.74, 6) is 0.462. The lowest BCUT2D eigenvalue weighted by atomic mass is 10.4. The molecule has 1 aromatic rings. The number of hydrogen-bond donors (Lipinski definition) is 3. The monoisotopic (exact) mass is 258 g/mol. The van der Waals surface area contributed by atoms with Crippen LogP contribution >= 0.6 is 11.6 Å². The normalized spacial score (nSPS) is 9.82. The van der Waals surface area contributed by atoms with E-state index in [1.807, 2.05) is 0 Å². The minimum absolute atomic E-state index is 0.152. The summed E-state index contributed by atoms with van der Waals surface area (Å²) in [6.45, 7) is 0.954. The Bertz CT molecular complexity index is 397. The van der Waals surface area contributed by atoms with Crippen molar-refractivity contribution in [1.29, 1.82) is 0 Å². The van der Waals surface area contributed by atoms with Gasteiger partial charge >= 0.3 is 6.03 Å². The second-order valence-electron chi connectivity index (χ2n) is 3.48. The maximum absolute atomic E-state index is 11.2. The van der Waals surface area contributed by atoms with Crippen LogP contribution in [0.4, 0.5) is 16.3 Å². The van der Waals surface area contributed by atoms with E-state index in [1.54, 1.807) is 14.1 Å². The Labute approximate surface area is 104 Å². The van der Waals surface area contributed by atoms with Crippen LogP contribution in [-0.2, 0) is 0 Å². The maximum atomic E-state index is 11.2. The molecular weight excluding hydrogens is 244 g/mol. The number of halogens is 1. The highest BCUT2D eigenvalue weighted by Gasteiger charge is 2.05. The van der Waals surface area contributed by atoms with Crippen LogP contribution in [0.2, 0.25) is 5.15 Å². The molecule has 0 unspecified atom stereocenters. The van der Waals surface area contributed by atoms with Crippen LogP contribution in [-0.4, -0.2) is 48.1 Å². The van der Waals surface area contributed by atoms with Gasteiger partial charge in [-0.25, -0.2) is 14.8 Å². The summed E-state index contributed by atoms with van der Waals surface area (Å²) in [6.07, 6.45) is 1.32. The van der Waals surface area contributed by atoms with E-state index >= 15 is 0 Å². The molecule has 0 saturated carbocycles. The van der Waals surface area contributed by atoms with Crippen molar-refractivity contribution >= 4 is 29.1 Å². The SMILES string of the molecule is CN(C)C(=O)NCCNc1ncnc(Cl)c1N. The summed E-state index contributed by atoms with van der Waals surface area (Å²) in [4.78, 5) is 20.3. The molecular formula is C9H15ClN6O. The maximum Gasteiger partial charge on any atom is 0.316 e. The Hall–Kier alpha value is -1.76. The van der Waals surface area contributed by atoms with E-state index < -0.39 is 0 Å². The molecule has 17 heavy (non-hydrogen) atoms. The molecule has 0 aromatic carbocycles. The highest BCUT2D eigenvalue weighted by atomic mass is 35.5. The van der Waals surface area contributed by atoms with Crippen molar-refractivity contribution in [2.45, 2.75) is 0 Å². The first-order valence-electron chi connectivity index (χ1n) is 4.97. The largest absolute Gasteiger partial charge is 0.393 e. The molecule has 0 atom stereocenters. The van der Waals surface area contributed by atoms with Gasteiger partial charge in [0.15, 0.2) is 11.0 Å². The van der Waals surface area contributed by atoms with Crippen LogP contribution in [0.3, 0.4) is 0 Å². The third-order valence-electron chi connectivity index (χ3n) is 1.94. The zero-order valence-electron chi connectivity index (χ0n) is 9.70. The fraction of sp³-hybridized carbons (Fsp3) is 0.444. The van der Waals surface area contributed by atoms with Crippen molar-refractivity contribution in [1.82, 2.24) is 20.2 Å². The van der Waals surface area contributed by atoms with E-state index in [0.29, 0.717) is 24.6 Å². The molecule has 2 amide bonds. The predicted molar refractivity (Wildman–Crippen MR) is 67.0 cm³/mol.